The molecule has 1 saturated heterocycles. The number of pyridine rings is 1. The Morgan fingerprint density at radius 2 is 1.95 bits per heavy atom. The van der Waals surface area contributed by atoms with Crippen molar-refractivity contribution in [2.75, 3.05) is 13.2 Å². The molecule has 0 saturated carbocycles. The van der Waals surface area contributed by atoms with Crippen LogP contribution in [-0.2, 0) is 9.53 Å². The van der Waals surface area contributed by atoms with Crippen LogP contribution in [0.5, 0.6) is 0 Å². The Bertz CT molecular complexity index is 536. The summed E-state index contributed by atoms with van der Waals surface area (Å²) in [6.07, 6.45) is 0.540. The first-order chi connectivity index (χ1) is 9.44. The topological polar surface area (TPSA) is 88.5 Å². The highest BCUT2D eigenvalue weighted by molar-refractivity contribution is 5.98. The lowest BCUT2D eigenvalue weighted by molar-refractivity contribution is -0.148. The highest BCUT2D eigenvalue weighted by atomic mass is 16.5. The Balaban J connectivity index is 2.22. The molecule has 1 aliphatic rings. The van der Waals surface area contributed by atoms with Gasteiger partial charge in [0.05, 0.1) is 11.3 Å². The van der Waals surface area contributed by atoms with Crippen LogP contribution in [0.3, 0.4) is 0 Å². The predicted molar refractivity (Wildman–Crippen MR) is 71.6 cm³/mol. The maximum absolute atomic E-state index is 12.3. The molecule has 20 heavy (non-hydrogen) atoms. The van der Waals surface area contributed by atoms with Gasteiger partial charge in [0.25, 0.3) is 5.91 Å². The number of carboxylic acids is 1. The Labute approximate surface area is 117 Å². The third kappa shape index (κ3) is 2.80. The molecule has 0 aromatic carbocycles. The fraction of sp³-hybridized carbons (Fsp3) is 0.500. The zero-order valence-electron chi connectivity index (χ0n) is 11.6. The zero-order valence-corrected chi connectivity index (χ0v) is 11.6. The lowest BCUT2D eigenvalue weighted by atomic mass is 9.89. The molecule has 0 unspecified atom stereocenters. The number of carbonyl (C=O) groups is 2. The van der Waals surface area contributed by atoms with E-state index in [1.54, 1.807) is 19.1 Å². The number of hydrogen-bond donors (Lipinski definition) is 2. The Kier molecular flexibility index (Phi) is 4.04. The van der Waals surface area contributed by atoms with Crippen molar-refractivity contribution in [2.45, 2.75) is 32.2 Å². The Morgan fingerprint density at radius 1 is 1.30 bits per heavy atom. The molecule has 1 aliphatic heterocycles. The van der Waals surface area contributed by atoms with E-state index in [1.807, 2.05) is 6.92 Å². The van der Waals surface area contributed by atoms with Gasteiger partial charge < -0.3 is 15.2 Å². The molecule has 6 nitrogen and oxygen atoms in total. The smallest absolute Gasteiger partial charge is 0.329 e. The van der Waals surface area contributed by atoms with Crippen LogP contribution in [0, 0.1) is 13.8 Å². The minimum Gasteiger partial charge on any atom is -0.480 e. The summed E-state index contributed by atoms with van der Waals surface area (Å²) in [6, 6.07) is 3.40. The molecular weight excluding hydrogens is 260 g/mol. The van der Waals surface area contributed by atoms with Crippen LogP contribution in [0.25, 0.3) is 0 Å². The lowest BCUT2D eigenvalue weighted by Crippen LogP contribution is -2.57. The van der Waals surface area contributed by atoms with Crippen molar-refractivity contribution in [1.82, 2.24) is 10.3 Å². The highest BCUT2D eigenvalue weighted by Crippen LogP contribution is 2.22. The average molecular weight is 278 g/mol. The number of hydrogen-bond acceptors (Lipinski definition) is 4. The second-order valence-corrected chi connectivity index (χ2v) is 5.04. The van der Waals surface area contributed by atoms with E-state index in [9.17, 15) is 14.7 Å². The standard InChI is InChI=1S/C14H18N2O4/c1-9-3-4-11(10(2)15-9)12(17)16-14(13(18)19)5-7-20-8-6-14/h3-4H,5-8H2,1-2H3,(H,16,17)(H,18,19). The number of rotatable bonds is 3. The fourth-order valence-electron chi connectivity index (χ4n) is 2.32. The first-order valence-electron chi connectivity index (χ1n) is 6.52. The van der Waals surface area contributed by atoms with Crippen LogP contribution < -0.4 is 5.32 Å². The van der Waals surface area contributed by atoms with Crippen molar-refractivity contribution in [3.63, 3.8) is 0 Å². The molecule has 6 heteroatoms. The van der Waals surface area contributed by atoms with E-state index in [4.69, 9.17) is 4.74 Å². The third-order valence-corrected chi connectivity index (χ3v) is 3.58. The summed E-state index contributed by atoms with van der Waals surface area (Å²) in [5.74, 6) is -1.42. The first-order valence-corrected chi connectivity index (χ1v) is 6.52. The number of carboxylic acid groups (broad SMARTS) is 1. The van der Waals surface area contributed by atoms with Crippen LogP contribution in [0.1, 0.15) is 34.6 Å². The normalized spacial score (nSPS) is 17.5. The number of amides is 1. The van der Waals surface area contributed by atoms with Gasteiger partial charge in [-0.1, -0.05) is 0 Å². The number of aliphatic carboxylic acids is 1. The summed E-state index contributed by atoms with van der Waals surface area (Å²) in [5, 5.41) is 12.1. The van der Waals surface area contributed by atoms with Crippen LogP contribution >= 0.6 is 0 Å². The number of aryl methyl sites for hydroxylation is 2. The van der Waals surface area contributed by atoms with Crippen LogP contribution in [0.15, 0.2) is 12.1 Å². The van der Waals surface area contributed by atoms with E-state index in [-0.39, 0.29) is 12.8 Å². The summed E-state index contributed by atoms with van der Waals surface area (Å²) in [5.41, 5.74) is 0.572. The van der Waals surface area contributed by atoms with Gasteiger partial charge in [0, 0.05) is 31.7 Å². The highest BCUT2D eigenvalue weighted by Gasteiger charge is 2.41. The van der Waals surface area contributed by atoms with Gasteiger partial charge >= 0.3 is 5.97 Å². The maximum Gasteiger partial charge on any atom is 0.329 e. The fourth-order valence-corrected chi connectivity index (χ4v) is 2.32. The zero-order chi connectivity index (χ0) is 14.8. The Hall–Kier alpha value is -1.95. The van der Waals surface area contributed by atoms with Crippen molar-refractivity contribution in [3.8, 4) is 0 Å². The summed E-state index contributed by atoms with van der Waals surface area (Å²) in [6.45, 7) is 4.24. The van der Waals surface area contributed by atoms with E-state index in [0.717, 1.165) is 5.69 Å². The molecule has 2 rings (SSSR count). The van der Waals surface area contributed by atoms with Gasteiger partial charge in [-0.2, -0.15) is 0 Å². The molecule has 0 aliphatic carbocycles. The Morgan fingerprint density at radius 3 is 2.50 bits per heavy atom. The minimum absolute atomic E-state index is 0.270. The molecular formula is C14H18N2O4. The molecule has 2 heterocycles. The van der Waals surface area contributed by atoms with Gasteiger partial charge in [-0.05, 0) is 26.0 Å². The van der Waals surface area contributed by atoms with E-state index >= 15 is 0 Å². The monoisotopic (exact) mass is 278 g/mol. The molecule has 0 radical (unpaired) electrons. The van der Waals surface area contributed by atoms with Crippen molar-refractivity contribution < 1.29 is 19.4 Å². The third-order valence-electron chi connectivity index (χ3n) is 3.58. The number of nitrogens with one attached hydrogen (secondary N) is 1. The first kappa shape index (κ1) is 14.5. The molecule has 108 valence electrons. The SMILES string of the molecule is Cc1ccc(C(=O)NC2(C(=O)O)CCOCC2)c(C)n1. The largest absolute Gasteiger partial charge is 0.480 e. The molecule has 0 atom stereocenters. The molecule has 0 bridgehead atoms. The maximum atomic E-state index is 12.3. The van der Waals surface area contributed by atoms with Crippen molar-refractivity contribution in [1.29, 1.82) is 0 Å². The second-order valence-electron chi connectivity index (χ2n) is 5.04. The molecule has 2 N–H and O–H groups in total. The lowest BCUT2D eigenvalue weighted by Gasteiger charge is -2.34. The summed E-state index contributed by atoms with van der Waals surface area (Å²) in [4.78, 5) is 28.0. The van der Waals surface area contributed by atoms with Gasteiger partial charge in [0.1, 0.15) is 5.54 Å². The quantitative estimate of drug-likeness (QED) is 0.863. The summed E-state index contributed by atoms with van der Waals surface area (Å²) in [7, 11) is 0. The average Bonchev–Trinajstić information content (AvgIpc) is 2.39. The van der Waals surface area contributed by atoms with Crippen molar-refractivity contribution >= 4 is 11.9 Å². The van der Waals surface area contributed by atoms with E-state index < -0.39 is 17.4 Å². The molecule has 0 spiro atoms. The van der Waals surface area contributed by atoms with E-state index in [0.29, 0.717) is 24.5 Å². The molecule has 1 aromatic rings. The van der Waals surface area contributed by atoms with Crippen LogP contribution in [0.4, 0.5) is 0 Å². The van der Waals surface area contributed by atoms with E-state index in [1.165, 1.54) is 0 Å². The van der Waals surface area contributed by atoms with Crippen molar-refractivity contribution in [3.05, 3.63) is 29.1 Å². The van der Waals surface area contributed by atoms with Gasteiger partial charge in [0.15, 0.2) is 0 Å². The van der Waals surface area contributed by atoms with Gasteiger partial charge in [-0.3, -0.25) is 9.78 Å². The number of carbonyl (C=O) groups excluding carboxylic acids is 1. The summed E-state index contributed by atoms with van der Waals surface area (Å²) < 4.78 is 5.17. The van der Waals surface area contributed by atoms with Crippen LogP contribution in [-0.4, -0.2) is 40.7 Å². The molecule has 1 amide bonds. The van der Waals surface area contributed by atoms with Gasteiger partial charge in [-0.15, -0.1) is 0 Å². The minimum atomic E-state index is -1.24. The number of nitrogens with zero attached hydrogens (tertiary/aromatic N) is 1. The summed E-state index contributed by atoms with van der Waals surface area (Å²) >= 11 is 0. The van der Waals surface area contributed by atoms with Crippen LogP contribution in [0.2, 0.25) is 0 Å². The molecule has 1 aromatic heterocycles. The number of aromatic nitrogens is 1. The van der Waals surface area contributed by atoms with Gasteiger partial charge in [-0.25, -0.2) is 4.79 Å². The van der Waals surface area contributed by atoms with Crippen molar-refractivity contribution in [2.24, 2.45) is 0 Å². The predicted octanol–water partition coefficient (Wildman–Crippen LogP) is 1.06. The second kappa shape index (κ2) is 5.58. The van der Waals surface area contributed by atoms with E-state index in [2.05, 4.69) is 10.3 Å². The number of ether oxygens (including phenoxy) is 1. The van der Waals surface area contributed by atoms with Gasteiger partial charge in [0.2, 0.25) is 0 Å². The molecule has 1 fully saturated rings.